The number of nitrogens with zero attached hydrogens (tertiary/aromatic N) is 1. The van der Waals surface area contributed by atoms with Crippen molar-refractivity contribution in [1.29, 1.82) is 0 Å². The first kappa shape index (κ1) is 21.2. The molecular formula is C27H20N2O5. The Bertz CT molecular complexity index is 1470. The second-order valence-corrected chi connectivity index (χ2v) is 7.55. The monoisotopic (exact) mass is 452 g/mol. The molecule has 0 saturated heterocycles. The molecule has 4 aromatic carbocycles. The first-order valence-corrected chi connectivity index (χ1v) is 10.6. The average molecular weight is 452 g/mol. The molecule has 0 saturated carbocycles. The minimum absolute atomic E-state index is 0.326. The van der Waals surface area contributed by atoms with Gasteiger partial charge >= 0.3 is 5.97 Å². The number of ether oxygens (including phenoxy) is 2. The lowest BCUT2D eigenvalue weighted by Gasteiger charge is -2.10. The number of methoxy groups -OCH3 is 1. The Morgan fingerprint density at radius 3 is 2.44 bits per heavy atom. The fourth-order valence-corrected chi connectivity index (χ4v) is 3.76. The maximum atomic E-state index is 13.0. The zero-order valence-corrected chi connectivity index (χ0v) is 18.3. The van der Waals surface area contributed by atoms with Crippen molar-refractivity contribution in [2.24, 2.45) is 0 Å². The Hall–Kier alpha value is -4.65. The highest BCUT2D eigenvalue weighted by atomic mass is 16.5. The van der Waals surface area contributed by atoms with E-state index in [9.17, 15) is 9.59 Å². The molecule has 0 aliphatic carbocycles. The Morgan fingerprint density at radius 1 is 0.912 bits per heavy atom. The number of para-hydroxylation sites is 2. The third kappa shape index (κ3) is 4.19. The lowest BCUT2D eigenvalue weighted by atomic mass is 9.99. The van der Waals surface area contributed by atoms with Crippen LogP contribution < -0.4 is 10.1 Å². The summed E-state index contributed by atoms with van der Waals surface area (Å²) in [5.74, 6) is 0.0244. The van der Waals surface area contributed by atoms with E-state index in [2.05, 4.69) is 10.3 Å². The first-order chi connectivity index (χ1) is 16.6. The molecular weight excluding hydrogens is 432 g/mol. The Kier molecular flexibility index (Phi) is 5.66. The molecule has 0 radical (unpaired) electrons. The number of anilines is 1. The van der Waals surface area contributed by atoms with Crippen LogP contribution in [0.3, 0.4) is 0 Å². The SMILES string of the molecule is COc1ccc(NC(=O)COC(=O)c2cccc3cccc(-c4nc5ccccc5o4)c23)cc1. The van der Waals surface area contributed by atoms with Gasteiger partial charge in [-0.1, -0.05) is 36.4 Å². The van der Waals surface area contributed by atoms with Crippen molar-refractivity contribution in [2.45, 2.75) is 0 Å². The number of carbonyl (C=O) groups is 2. The summed E-state index contributed by atoms with van der Waals surface area (Å²) >= 11 is 0. The largest absolute Gasteiger partial charge is 0.497 e. The van der Waals surface area contributed by atoms with E-state index in [1.54, 1.807) is 43.5 Å². The number of hydrogen-bond donors (Lipinski definition) is 1. The number of carbonyl (C=O) groups excluding carboxylic acids is 2. The van der Waals surface area contributed by atoms with Crippen molar-refractivity contribution < 1.29 is 23.5 Å². The summed E-state index contributed by atoms with van der Waals surface area (Å²) in [7, 11) is 1.57. The van der Waals surface area contributed by atoms with E-state index in [4.69, 9.17) is 13.9 Å². The minimum Gasteiger partial charge on any atom is -0.497 e. The molecule has 0 spiro atoms. The van der Waals surface area contributed by atoms with Crippen LogP contribution in [0, 0.1) is 0 Å². The third-order valence-electron chi connectivity index (χ3n) is 5.36. The molecule has 5 rings (SSSR count). The quantitative estimate of drug-likeness (QED) is 0.345. The number of rotatable bonds is 6. The molecule has 1 heterocycles. The fraction of sp³-hybridized carbons (Fsp3) is 0.0741. The van der Waals surface area contributed by atoms with Gasteiger partial charge in [0, 0.05) is 16.6 Å². The number of esters is 1. The van der Waals surface area contributed by atoms with Gasteiger partial charge < -0.3 is 19.2 Å². The second kappa shape index (κ2) is 9.07. The van der Waals surface area contributed by atoms with E-state index in [0.717, 1.165) is 10.9 Å². The topological polar surface area (TPSA) is 90.7 Å². The van der Waals surface area contributed by atoms with E-state index in [1.165, 1.54) is 0 Å². The zero-order valence-electron chi connectivity index (χ0n) is 18.3. The van der Waals surface area contributed by atoms with Crippen molar-refractivity contribution in [2.75, 3.05) is 19.0 Å². The molecule has 0 fully saturated rings. The van der Waals surface area contributed by atoms with E-state index in [0.29, 0.717) is 39.4 Å². The van der Waals surface area contributed by atoms with Crippen LogP contribution in [-0.2, 0) is 9.53 Å². The third-order valence-corrected chi connectivity index (χ3v) is 5.36. The highest BCUT2D eigenvalue weighted by Crippen LogP contribution is 2.33. The Labute approximate surface area is 194 Å². The predicted molar refractivity (Wildman–Crippen MR) is 129 cm³/mol. The maximum absolute atomic E-state index is 13.0. The normalized spacial score (nSPS) is 10.9. The number of benzene rings is 4. The summed E-state index contributed by atoms with van der Waals surface area (Å²) < 4.78 is 16.4. The van der Waals surface area contributed by atoms with Crippen molar-refractivity contribution >= 4 is 39.4 Å². The molecule has 1 aromatic heterocycles. The van der Waals surface area contributed by atoms with Crippen LogP contribution in [-0.4, -0.2) is 30.6 Å². The summed E-state index contributed by atoms with van der Waals surface area (Å²) in [5, 5.41) is 4.17. The molecule has 0 aliphatic rings. The van der Waals surface area contributed by atoms with E-state index < -0.39 is 18.5 Å². The van der Waals surface area contributed by atoms with Gasteiger partial charge in [-0.25, -0.2) is 9.78 Å². The molecule has 0 unspecified atom stereocenters. The van der Waals surface area contributed by atoms with Gasteiger partial charge in [0.15, 0.2) is 12.2 Å². The summed E-state index contributed by atoms with van der Waals surface area (Å²) in [6.07, 6.45) is 0. The van der Waals surface area contributed by atoms with Gasteiger partial charge in [-0.15, -0.1) is 0 Å². The number of aromatic nitrogens is 1. The number of oxazole rings is 1. The van der Waals surface area contributed by atoms with Crippen LogP contribution in [0.4, 0.5) is 5.69 Å². The standard InChI is InChI=1S/C27H20N2O5/c1-32-19-14-12-18(13-15-19)28-24(30)16-33-27(31)21-9-5-7-17-6-4-8-20(25(17)21)26-29-22-10-2-3-11-23(22)34-26/h2-15H,16H2,1H3,(H,28,30). The van der Waals surface area contributed by atoms with Gasteiger partial charge in [0.25, 0.3) is 5.91 Å². The van der Waals surface area contributed by atoms with Gasteiger partial charge in [-0.05, 0) is 53.9 Å². The molecule has 1 amide bonds. The lowest BCUT2D eigenvalue weighted by Crippen LogP contribution is -2.21. The summed E-state index contributed by atoms with van der Waals surface area (Å²) in [4.78, 5) is 29.9. The molecule has 1 N–H and O–H groups in total. The van der Waals surface area contributed by atoms with Crippen molar-refractivity contribution in [3.05, 3.63) is 90.5 Å². The Morgan fingerprint density at radius 2 is 1.68 bits per heavy atom. The number of amides is 1. The minimum atomic E-state index is -0.612. The zero-order chi connectivity index (χ0) is 23.5. The van der Waals surface area contributed by atoms with Gasteiger partial charge in [-0.2, -0.15) is 0 Å². The van der Waals surface area contributed by atoms with Gasteiger partial charge in [0.05, 0.1) is 12.7 Å². The molecule has 0 aliphatic heterocycles. The summed E-state index contributed by atoms with van der Waals surface area (Å²) in [6.45, 7) is -0.424. The van der Waals surface area contributed by atoms with Crippen molar-refractivity contribution in [3.8, 4) is 17.2 Å². The van der Waals surface area contributed by atoms with E-state index in [-0.39, 0.29) is 0 Å². The average Bonchev–Trinajstić information content (AvgIpc) is 3.31. The molecule has 168 valence electrons. The Balaban J connectivity index is 1.39. The molecule has 5 aromatic rings. The van der Waals surface area contributed by atoms with Crippen LogP contribution in [0.5, 0.6) is 5.75 Å². The second-order valence-electron chi connectivity index (χ2n) is 7.55. The van der Waals surface area contributed by atoms with Crippen LogP contribution >= 0.6 is 0 Å². The number of nitrogens with one attached hydrogen (secondary N) is 1. The number of hydrogen-bond acceptors (Lipinski definition) is 6. The van der Waals surface area contributed by atoms with Gasteiger partial charge in [0.2, 0.25) is 5.89 Å². The predicted octanol–water partition coefficient (Wildman–Crippen LogP) is 5.45. The van der Waals surface area contributed by atoms with Crippen LogP contribution in [0.25, 0.3) is 33.3 Å². The highest BCUT2D eigenvalue weighted by molar-refractivity contribution is 6.10. The first-order valence-electron chi connectivity index (χ1n) is 10.6. The van der Waals surface area contributed by atoms with Crippen molar-refractivity contribution in [1.82, 2.24) is 4.98 Å². The molecule has 0 bridgehead atoms. The van der Waals surface area contributed by atoms with Crippen LogP contribution in [0.15, 0.2) is 89.3 Å². The smallest absolute Gasteiger partial charge is 0.339 e. The molecule has 7 nitrogen and oxygen atoms in total. The van der Waals surface area contributed by atoms with E-state index in [1.807, 2.05) is 48.5 Å². The van der Waals surface area contributed by atoms with E-state index >= 15 is 0 Å². The van der Waals surface area contributed by atoms with Crippen LogP contribution in [0.1, 0.15) is 10.4 Å². The molecule has 34 heavy (non-hydrogen) atoms. The van der Waals surface area contributed by atoms with Crippen LogP contribution in [0.2, 0.25) is 0 Å². The number of fused-ring (bicyclic) bond motifs is 2. The highest BCUT2D eigenvalue weighted by Gasteiger charge is 2.19. The molecule has 7 heteroatoms. The molecule has 0 atom stereocenters. The fourth-order valence-electron chi connectivity index (χ4n) is 3.76. The lowest BCUT2D eigenvalue weighted by molar-refractivity contribution is -0.119. The summed E-state index contributed by atoms with van der Waals surface area (Å²) in [5.41, 5.74) is 2.95. The van der Waals surface area contributed by atoms with Gasteiger partial charge in [0.1, 0.15) is 11.3 Å². The van der Waals surface area contributed by atoms with Gasteiger partial charge in [-0.3, -0.25) is 4.79 Å². The summed E-state index contributed by atoms with van der Waals surface area (Å²) in [6, 6.07) is 25.3. The maximum Gasteiger partial charge on any atom is 0.339 e. The van der Waals surface area contributed by atoms with Crippen molar-refractivity contribution in [3.63, 3.8) is 0 Å².